The van der Waals surface area contributed by atoms with Crippen LogP contribution in [0.2, 0.25) is 0 Å². The molecule has 0 bridgehead atoms. The van der Waals surface area contributed by atoms with Gasteiger partial charge in [-0.2, -0.15) is 0 Å². The van der Waals surface area contributed by atoms with Crippen molar-refractivity contribution in [3.05, 3.63) is 48.2 Å². The molecule has 1 unspecified atom stereocenters. The molecule has 0 aliphatic carbocycles. The van der Waals surface area contributed by atoms with Crippen LogP contribution >= 0.6 is 0 Å². The molecule has 1 atom stereocenters. The molecular formula is C15H21N3O. The maximum atomic E-state index is 5.75. The van der Waals surface area contributed by atoms with Crippen LogP contribution in [0.1, 0.15) is 44.0 Å². The highest BCUT2D eigenvalue weighted by atomic mass is 16.4. The van der Waals surface area contributed by atoms with Gasteiger partial charge in [-0.3, -0.25) is 0 Å². The van der Waals surface area contributed by atoms with E-state index in [1.54, 1.807) is 6.08 Å². The Kier molecular flexibility index (Phi) is 5.10. The van der Waals surface area contributed by atoms with Crippen LogP contribution in [-0.2, 0) is 6.42 Å². The van der Waals surface area contributed by atoms with Gasteiger partial charge in [0, 0.05) is 0 Å². The number of hydrogen-bond acceptors (Lipinski definition) is 4. The highest BCUT2D eigenvalue weighted by Crippen LogP contribution is 2.22. The Morgan fingerprint density at radius 2 is 2.37 bits per heavy atom. The quantitative estimate of drug-likeness (QED) is 0.825. The molecule has 0 amide bonds. The van der Waals surface area contributed by atoms with Gasteiger partial charge in [0.15, 0.2) is 0 Å². The predicted molar refractivity (Wildman–Crippen MR) is 75.7 cm³/mol. The molecule has 1 saturated heterocycles. The molecule has 102 valence electrons. The highest BCUT2D eigenvalue weighted by molar-refractivity contribution is 5.23. The van der Waals surface area contributed by atoms with E-state index >= 15 is 0 Å². The lowest BCUT2D eigenvalue weighted by Crippen LogP contribution is -2.26. The number of allylic oxidation sites excluding steroid dienone is 5. The van der Waals surface area contributed by atoms with Crippen molar-refractivity contribution in [1.29, 1.82) is 0 Å². The van der Waals surface area contributed by atoms with Crippen LogP contribution in [0.15, 0.2) is 40.9 Å². The topological polar surface area (TPSA) is 51.0 Å². The van der Waals surface area contributed by atoms with Crippen LogP contribution < -0.4 is 5.32 Å². The van der Waals surface area contributed by atoms with E-state index in [0.717, 1.165) is 24.4 Å². The van der Waals surface area contributed by atoms with Crippen molar-refractivity contribution >= 4 is 0 Å². The first kappa shape index (κ1) is 13.7. The van der Waals surface area contributed by atoms with Crippen LogP contribution in [0.4, 0.5) is 0 Å². The fourth-order valence-electron chi connectivity index (χ4n) is 2.16. The van der Waals surface area contributed by atoms with Crippen LogP contribution in [-0.4, -0.2) is 16.7 Å². The molecule has 19 heavy (non-hydrogen) atoms. The van der Waals surface area contributed by atoms with E-state index in [2.05, 4.69) is 22.1 Å². The fourth-order valence-corrected chi connectivity index (χ4v) is 2.16. The Morgan fingerprint density at radius 3 is 3.05 bits per heavy atom. The average Bonchev–Trinajstić information content (AvgIpc) is 2.93. The third-order valence-electron chi connectivity index (χ3n) is 3.26. The minimum atomic E-state index is 0.229. The molecule has 0 radical (unpaired) electrons. The number of aromatic nitrogens is 2. The van der Waals surface area contributed by atoms with Gasteiger partial charge in [-0.05, 0) is 31.9 Å². The second kappa shape index (κ2) is 7.04. The van der Waals surface area contributed by atoms with Crippen LogP contribution in [0, 0.1) is 0 Å². The number of nitrogens with zero attached hydrogens (tertiary/aromatic N) is 2. The van der Waals surface area contributed by atoms with Crippen LogP contribution in [0.5, 0.6) is 0 Å². The van der Waals surface area contributed by atoms with E-state index in [0.29, 0.717) is 12.3 Å². The molecule has 2 rings (SSSR count). The van der Waals surface area contributed by atoms with Gasteiger partial charge in [-0.25, -0.2) is 0 Å². The molecule has 0 saturated carbocycles. The molecule has 4 nitrogen and oxygen atoms in total. The minimum Gasteiger partial charge on any atom is -0.423 e. The zero-order valence-corrected chi connectivity index (χ0v) is 11.4. The molecule has 4 heteroatoms. The molecule has 1 N–H and O–H groups in total. The van der Waals surface area contributed by atoms with Crippen molar-refractivity contribution in [1.82, 2.24) is 15.5 Å². The van der Waals surface area contributed by atoms with Gasteiger partial charge in [0.05, 0.1) is 12.5 Å². The van der Waals surface area contributed by atoms with Crippen molar-refractivity contribution in [2.75, 3.05) is 6.54 Å². The maximum absolute atomic E-state index is 5.75. The summed E-state index contributed by atoms with van der Waals surface area (Å²) in [6, 6.07) is 0.229. The van der Waals surface area contributed by atoms with Gasteiger partial charge >= 0.3 is 0 Å². The smallest absolute Gasteiger partial charge is 0.233 e. The van der Waals surface area contributed by atoms with Crippen LogP contribution in [0.25, 0.3) is 0 Å². The normalized spacial score (nSPS) is 20.9. The summed E-state index contributed by atoms with van der Waals surface area (Å²) >= 11 is 0. The third kappa shape index (κ3) is 3.89. The predicted octanol–water partition coefficient (Wildman–Crippen LogP) is 3.12. The Morgan fingerprint density at radius 1 is 1.47 bits per heavy atom. The molecule has 0 aromatic carbocycles. The van der Waals surface area contributed by atoms with E-state index < -0.39 is 0 Å². The van der Waals surface area contributed by atoms with E-state index in [1.165, 1.54) is 12.8 Å². The molecule has 1 aliphatic rings. The summed E-state index contributed by atoms with van der Waals surface area (Å²) in [6.45, 7) is 6.70. The molecule has 1 aromatic rings. The Hall–Kier alpha value is -1.68. The number of nitrogens with one attached hydrogen (secondary N) is 1. The fraction of sp³-hybridized carbons (Fsp3) is 0.467. The molecule has 1 aromatic heterocycles. The van der Waals surface area contributed by atoms with Crippen LogP contribution in [0.3, 0.4) is 0 Å². The van der Waals surface area contributed by atoms with Crippen molar-refractivity contribution in [2.24, 2.45) is 0 Å². The number of rotatable bonds is 5. The highest BCUT2D eigenvalue weighted by Gasteiger charge is 2.20. The first-order valence-electron chi connectivity index (χ1n) is 6.83. The van der Waals surface area contributed by atoms with E-state index in [4.69, 9.17) is 4.42 Å². The molecule has 0 spiro atoms. The Balaban J connectivity index is 2.00. The molecule has 1 aliphatic heterocycles. The monoisotopic (exact) mass is 259 g/mol. The van der Waals surface area contributed by atoms with E-state index in [1.807, 2.05) is 25.2 Å². The summed E-state index contributed by atoms with van der Waals surface area (Å²) in [6.07, 6.45) is 11.9. The Labute approximate surface area is 114 Å². The van der Waals surface area contributed by atoms with E-state index in [-0.39, 0.29) is 6.04 Å². The van der Waals surface area contributed by atoms with Crippen molar-refractivity contribution < 1.29 is 4.42 Å². The standard InChI is InChI=1S/C15H21N3O/c1-3-5-8-12(4-2)11-14-17-18-15(19-14)13-9-6-7-10-16-13/h3-5,8,13,16H,1,6-7,9-11H2,2H3/b8-5-,12-4+. The largest absolute Gasteiger partial charge is 0.423 e. The van der Waals surface area contributed by atoms with Gasteiger partial charge in [0.25, 0.3) is 0 Å². The van der Waals surface area contributed by atoms with Crippen molar-refractivity contribution in [3.8, 4) is 0 Å². The summed E-state index contributed by atoms with van der Waals surface area (Å²) < 4.78 is 5.75. The molecular weight excluding hydrogens is 238 g/mol. The molecule has 2 heterocycles. The summed E-state index contributed by atoms with van der Waals surface area (Å²) in [5.74, 6) is 1.39. The van der Waals surface area contributed by atoms with Gasteiger partial charge in [0.2, 0.25) is 11.8 Å². The van der Waals surface area contributed by atoms with Crippen molar-refractivity contribution in [3.63, 3.8) is 0 Å². The lowest BCUT2D eigenvalue weighted by Gasteiger charge is -2.19. The summed E-state index contributed by atoms with van der Waals surface area (Å²) in [5, 5.41) is 11.7. The first-order chi connectivity index (χ1) is 9.33. The lowest BCUT2D eigenvalue weighted by molar-refractivity contribution is 0.330. The number of hydrogen-bond donors (Lipinski definition) is 1. The van der Waals surface area contributed by atoms with Gasteiger partial charge < -0.3 is 9.73 Å². The minimum absolute atomic E-state index is 0.229. The van der Waals surface area contributed by atoms with Gasteiger partial charge in [-0.1, -0.05) is 37.3 Å². The molecule has 1 fully saturated rings. The van der Waals surface area contributed by atoms with E-state index in [9.17, 15) is 0 Å². The second-order valence-corrected chi connectivity index (χ2v) is 4.67. The average molecular weight is 259 g/mol. The second-order valence-electron chi connectivity index (χ2n) is 4.67. The first-order valence-corrected chi connectivity index (χ1v) is 6.83. The zero-order chi connectivity index (χ0) is 13.5. The van der Waals surface area contributed by atoms with Gasteiger partial charge in [-0.15, -0.1) is 10.2 Å². The maximum Gasteiger partial charge on any atom is 0.233 e. The zero-order valence-electron chi connectivity index (χ0n) is 11.4. The van der Waals surface area contributed by atoms with Crippen molar-refractivity contribution in [2.45, 2.75) is 38.6 Å². The van der Waals surface area contributed by atoms with Gasteiger partial charge in [0.1, 0.15) is 0 Å². The summed E-state index contributed by atoms with van der Waals surface area (Å²) in [4.78, 5) is 0. The lowest BCUT2D eigenvalue weighted by atomic mass is 10.1. The summed E-state index contributed by atoms with van der Waals surface area (Å²) in [7, 11) is 0. The number of piperidine rings is 1. The summed E-state index contributed by atoms with van der Waals surface area (Å²) in [5.41, 5.74) is 1.15. The Bertz CT molecular complexity index is 467. The SMILES string of the molecule is C=C/C=C\C(=C/C)Cc1nnc(C2CCCCN2)o1. The third-order valence-corrected chi connectivity index (χ3v) is 3.26.